The molecule has 8 nitrogen and oxygen atoms in total. The van der Waals surface area contributed by atoms with Gasteiger partial charge in [-0.2, -0.15) is 5.21 Å². The molecule has 0 aromatic carbocycles. The first-order chi connectivity index (χ1) is 6.34. The van der Waals surface area contributed by atoms with E-state index in [0.717, 1.165) is 12.2 Å². The van der Waals surface area contributed by atoms with Crippen molar-refractivity contribution in [2.45, 2.75) is 13.3 Å². The fourth-order valence-corrected chi connectivity index (χ4v) is 0.677. The van der Waals surface area contributed by atoms with Gasteiger partial charge in [-0.3, -0.25) is 0 Å². The monoisotopic (exact) mass is 182 g/mol. The molecule has 70 valence electrons. The largest absolute Gasteiger partial charge is 0.233 e. The first kappa shape index (κ1) is 9.23. The Balaban J connectivity index is 0.000000145. The summed E-state index contributed by atoms with van der Waals surface area (Å²) in [4.78, 5) is 0. The lowest BCUT2D eigenvalue weighted by Crippen LogP contribution is -1.96. The minimum absolute atomic E-state index is 0.892. The minimum Gasteiger partial charge on any atom is -0.233 e. The average molecular weight is 182 g/mol. The molecule has 0 atom stereocenters. The highest BCUT2D eigenvalue weighted by molar-refractivity contribution is 4.75. The third kappa shape index (κ3) is 2.93. The average Bonchev–Trinajstić information content (AvgIpc) is 2.76. The summed E-state index contributed by atoms with van der Waals surface area (Å²) in [6.07, 6.45) is 2.23. The number of tetrazole rings is 2. The lowest BCUT2D eigenvalue weighted by Gasteiger charge is -1.87. The molecule has 0 aliphatic rings. The van der Waals surface area contributed by atoms with Gasteiger partial charge in [-0.1, -0.05) is 12.1 Å². The van der Waals surface area contributed by atoms with Crippen molar-refractivity contribution in [2.75, 3.05) is 0 Å². The van der Waals surface area contributed by atoms with E-state index >= 15 is 0 Å². The molecule has 0 bridgehead atoms. The van der Waals surface area contributed by atoms with Gasteiger partial charge < -0.3 is 0 Å². The van der Waals surface area contributed by atoms with Crippen molar-refractivity contribution in [2.24, 2.45) is 7.05 Å². The molecule has 1 N–H and O–H groups in total. The maximum absolute atomic E-state index is 3.74. The predicted octanol–water partition coefficient (Wildman–Crippen LogP) is -1.03. The summed E-state index contributed by atoms with van der Waals surface area (Å²) in [5, 5.41) is 23.0. The van der Waals surface area contributed by atoms with Crippen molar-refractivity contribution in [3.05, 3.63) is 12.2 Å². The minimum atomic E-state index is 0.892. The summed E-state index contributed by atoms with van der Waals surface area (Å²) in [6, 6.07) is 0. The van der Waals surface area contributed by atoms with Gasteiger partial charge in [0.2, 0.25) is 0 Å². The van der Waals surface area contributed by atoms with Crippen molar-refractivity contribution < 1.29 is 0 Å². The predicted molar refractivity (Wildman–Crippen MR) is 42.4 cm³/mol. The molecule has 0 spiro atoms. The standard InChI is InChI=1S/C4H8N4.CH2N4/c1-3-4-5-6-7-8(4)2;1-2-4-5-3-1/h3H2,1-2H3;1H,(H,2,3,4,5). The van der Waals surface area contributed by atoms with Gasteiger partial charge in [0.1, 0.15) is 0 Å². The summed E-state index contributed by atoms with van der Waals surface area (Å²) in [6.45, 7) is 2.02. The highest BCUT2D eigenvalue weighted by Crippen LogP contribution is 1.85. The van der Waals surface area contributed by atoms with Gasteiger partial charge in [0.05, 0.1) is 0 Å². The molecule has 0 unspecified atom stereocenters. The van der Waals surface area contributed by atoms with Gasteiger partial charge in [0.15, 0.2) is 12.2 Å². The van der Waals surface area contributed by atoms with Crippen molar-refractivity contribution in [1.29, 1.82) is 0 Å². The normalized spacial score (nSPS) is 9.08. The van der Waals surface area contributed by atoms with Crippen molar-refractivity contribution in [3.8, 4) is 0 Å². The van der Waals surface area contributed by atoms with Crippen LogP contribution in [0, 0.1) is 0 Å². The van der Waals surface area contributed by atoms with Gasteiger partial charge in [0, 0.05) is 13.5 Å². The van der Waals surface area contributed by atoms with Crippen molar-refractivity contribution in [1.82, 2.24) is 40.8 Å². The zero-order chi connectivity index (χ0) is 9.52. The third-order valence-corrected chi connectivity index (χ3v) is 1.29. The fraction of sp³-hybridized carbons (Fsp3) is 0.600. The highest BCUT2D eigenvalue weighted by Gasteiger charge is 1.94. The topological polar surface area (TPSA) is 98.1 Å². The fourth-order valence-electron chi connectivity index (χ4n) is 0.677. The van der Waals surface area contributed by atoms with Crippen molar-refractivity contribution >= 4 is 0 Å². The van der Waals surface area contributed by atoms with E-state index < -0.39 is 0 Å². The Morgan fingerprint density at radius 2 is 2.38 bits per heavy atom. The molecule has 8 heteroatoms. The number of nitrogens with zero attached hydrogens (tertiary/aromatic N) is 7. The summed E-state index contributed by atoms with van der Waals surface area (Å²) < 4.78 is 1.67. The number of hydrogen-bond acceptors (Lipinski definition) is 6. The van der Waals surface area contributed by atoms with E-state index in [1.165, 1.54) is 6.33 Å². The number of aromatic nitrogens is 8. The number of nitrogens with one attached hydrogen (secondary N) is 1. The van der Waals surface area contributed by atoms with Crippen LogP contribution in [0.5, 0.6) is 0 Å². The quantitative estimate of drug-likeness (QED) is 0.605. The smallest absolute Gasteiger partial charge is 0.161 e. The zero-order valence-corrected chi connectivity index (χ0v) is 7.41. The van der Waals surface area contributed by atoms with Crippen LogP contribution in [0.4, 0.5) is 0 Å². The second-order valence-corrected chi connectivity index (χ2v) is 2.13. The SMILES string of the molecule is CCc1nnnn1C.c1nn[nH]n1. The molecule has 0 fully saturated rings. The molecule has 2 aromatic rings. The molecule has 0 aliphatic carbocycles. The van der Waals surface area contributed by atoms with Crippen LogP contribution in [0.15, 0.2) is 6.33 Å². The molecule has 0 amide bonds. The molecule has 0 radical (unpaired) electrons. The lowest BCUT2D eigenvalue weighted by atomic mass is 10.5. The highest BCUT2D eigenvalue weighted by atomic mass is 15.5. The van der Waals surface area contributed by atoms with E-state index in [2.05, 4.69) is 36.1 Å². The number of rotatable bonds is 1. The van der Waals surface area contributed by atoms with Crippen LogP contribution >= 0.6 is 0 Å². The first-order valence-electron chi connectivity index (χ1n) is 3.72. The van der Waals surface area contributed by atoms with E-state index in [1.54, 1.807) is 4.68 Å². The van der Waals surface area contributed by atoms with Crippen LogP contribution in [0.3, 0.4) is 0 Å². The maximum Gasteiger partial charge on any atom is 0.161 e. The van der Waals surface area contributed by atoms with E-state index in [4.69, 9.17) is 0 Å². The number of H-pyrrole nitrogens is 1. The molecule has 2 aromatic heterocycles. The molecule has 2 rings (SSSR count). The van der Waals surface area contributed by atoms with Crippen LogP contribution in [-0.2, 0) is 13.5 Å². The molecule has 2 heterocycles. The Hall–Kier alpha value is -1.86. The van der Waals surface area contributed by atoms with Crippen LogP contribution in [0.1, 0.15) is 12.7 Å². The molecule has 0 aliphatic heterocycles. The summed E-state index contributed by atoms with van der Waals surface area (Å²) in [7, 11) is 1.83. The second kappa shape index (κ2) is 4.91. The van der Waals surface area contributed by atoms with Gasteiger partial charge in [-0.25, -0.2) is 4.68 Å². The van der Waals surface area contributed by atoms with E-state index in [1.807, 2.05) is 14.0 Å². The number of aromatic amines is 1. The summed E-state index contributed by atoms with van der Waals surface area (Å²) in [5.41, 5.74) is 0. The maximum atomic E-state index is 3.74. The zero-order valence-electron chi connectivity index (χ0n) is 7.41. The Kier molecular flexibility index (Phi) is 3.48. The molecule has 0 saturated heterocycles. The van der Waals surface area contributed by atoms with Gasteiger partial charge in [-0.15, -0.1) is 15.3 Å². The lowest BCUT2D eigenvalue weighted by molar-refractivity contribution is 0.682. The molecular formula is C5H10N8. The van der Waals surface area contributed by atoms with Crippen molar-refractivity contribution in [3.63, 3.8) is 0 Å². The van der Waals surface area contributed by atoms with Gasteiger partial charge in [0.25, 0.3) is 0 Å². The Morgan fingerprint density at radius 1 is 1.54 bits per heavy atom. The Morgan fingerprint density at radius 3 is 2.62 bits per heavy atom. The Bertz CT molecular complexity index is 294. The van der Waals surface area contributed by atoms with Crippen LogP contribution < -0.4 is 0 Å². The summed E-state index contributed by atoms with van der Waals surface area (Å²) in [5.74, 6) is 0.921. The van der Waals surface area contributed by atoms with Crippen LogP contribution in [0.25, 0.3) is 0 Å². The van der Waals surface area contributed by atoms with Gasteiger partial charge >= 0.3 is 0 Å². The third-order valence-electron chi connectivity index (χ3n) is 1.29. The molecule has 0 saturated carbocycles. The van der Waals surface area contributed by atoms with E-state index in [0.29, 0.717) is 0 Å². The number of hydrogen-bond donors (Lipinski definition) is 1. The summed E-state index contributed by atoms with van der Waals surface area (Å²) >= 11 is 0. The van der Waals surface area contributed by atoms with Gasteiger partial charge in [-0.05, 0) is 10.4 Å². The van der Waals surface area contributed by atoms with Crippen LogP contribution in [-0.4, -0.2) is 40.8 Å². The number of aryl methyl sites for hydroxylation is 2. The van der Waals surface area contributed by atoms with E-state index in [-0.39, 0.29) is 0 Å². The van der Waals surface area contributed by atoms with Crippen LogP contribution in [0.2, 0.25) is 0 Å². The second-order valence-electron chi connectivity index (χ2n) is 2.13. The Labute approximate surface area is 74.3 Å². The molecular weight excluding hydrogens is 172 g/mol. The van der Waals surface area contributed by atoms with E-state index in [9.17, 15) is 0 Å². The first-order valence-corrected chi connectivity index (χ1v) is 3.72. The molecule has 13 heavy (non-hydrogen) atoms.